The number of benzene rings is 1. The van der Waals surface area contributed by atoms with Gasteiger partial charge in [0.1, 0.15) is 5.52 Å². The van der Waals surface area contributed by atoms with Crippen LogP contribution in [0.1, 0.15) is 34.1 Å². The lowest BCUT2D eigenvalue weighted by Gasteiger charge is -2.14. The van der Waals surface area contributed by atoms with Gasteiger partial charge < -0.3 is 15.4 Å². The van der Waals surface area contributed by atoms with E-state index in [0.717, 1.165) is 0 Å². The molecule has 0 saturated heterocycles. The van der Waals surface area contributed by atoms with Crippen molar-refractivity contribution in [2.75, 3.05) is 38.4 Å². The number of hydrogen-bond donors (Lipinski definition) is 2. The van der Waals surface area contributed by atoms with E-state index in [1.807, 2.05) is 11.5 Å². The van der Waals surface area contributed by atoms with Gasteiger partial charge in [0.05, 0.1) is 5.56 Å². The number of carbonyl (C=O) groups excluding carboxylic acids is 2. The SMILES string of the molecule is CCN(C)C(=O)c1cnc2c(c1)nc(NC(=O)c1cccc(N)c1)n2CCCOC. The number of amides is 2. The van der Waals surface area contributed by atoms with Gasteiger partial charge in [0.2, 0.25) is 5.95 Å². The van der Waals surface area contributed by atoms with Crippen LogP contribution in [0.4, 0.5) is 11.6 Å². The molecule has 0 bridgehead atoms. The highest BCUT2D eigenvalue weighted by Gasteiger charge is 2.18. The van der Waals surface area contributed by atoms with Crippen LogP contribution in [-0.2, 0) is 11.3 Å². The van der Waals surface area contributed by atoms with Crippen LogP contribution >= 0.6 is 0 Å². The molecule has 0 fully saturated rings. The predicted molar refractivity (Wildman–Crippen MR) is 115 cm³/mol. The van der Waals surface area contributed by atoms with Crippen LogP contribution in [0.25, 0.3) is 11.2 Å². The van der Waals surface area contributed by atoms with Gasteiger partial charge in [0.25, 0.3) is 11.8 Å². The Kier molecular flexibility index (Phi) is 6.63. The van der Waals surface area contributed by atoms with Gasteiger partial charge in [-0.25, -0.2) is 9.97 Å². The van der Waals surface area contributed by atoms with E-state index in [1.54, 1.807) is 49.4 Å². The van der Waals surface area contributed by atoms with E-state index in [2.05, 4.69) is 15.3 Å². The third-order valence-electron chi connectivity index (χ3n) is 4.76. The Morgan fingerprint density at radius 3 is 2.77 bits per heavy atom. The number of fused-ring (bicyclic) bond motifs is 1. The van der Waals surface area contributed by atoms with Crippen molar-refractivity contribution in [3.63, 3.8) is 0 Å². The summed E-state index contributed by atoms with van der Waals surface area (Å²) in [5.41, 5.74) is 8.28. The average molecular weight is 410 g/mol. The number of nitrogens with one attached hydrogen (secondary N) is 1. The largest absolute Gasteiger partial charge is 0.399 e. The topological polar surface area (TPSA) is 115 Å². The number of rotatable bonds is 8. The number of aromatic nitrogens is 3. The molecular weight excluding hydrogens is 384 g/mol. The lowest BCUT2D eigenvalue weighted by molar-refractivity contribution is 0.0802. The molecule has 2 amide bonds. The molecule has 3 N–H and O–H groups in total. The molecule has 3 aromatic rings. The first-order chi connectivity index (χ1) is 14.4. The minimum Gasteiger partial charge on any atom is -0.399 e. The molecule has 9 nitrogen and oxygen atoms in total. The minimum absolute atomic E-state index is 0.133. The van der Waals surface area contributed by atoms with E-state index >= 15 is 0 Å². The van der Waals surface area contributed by atoms with E-state index in [1.165, 1.54) is 6.20 Å². The molecule has 0 saturated carbocycles. The molecule has 0 radical (unpaired) electrons. The lowest BCUT2D eigenvalue weighted by Crippen LogP contribution is -2.26. The molecule has 0 unspecified atom stereocenters. The second kappa shape index (κ2) is 9.36. The van der Waals surface area contributed by atoms with Crippen LogP contribution in [0.15, 0.2) is 36.5 Å². The zero-order chi connectivity index (χ0) is 21.7. The third-order valence-corrected chi connectivity index (χ3v) is 4.76. The van der Waals surface area contributed by atoms with Gasteiger partial charge in [0, 0.05) is 51.3 Å². The summed E-state index contributed by atoms with van der Waals surface area (Å²) >= 11 is 0. The Hall–Kier alpha value is -3.46. The van der Waals surface area contributed by atoms with Crippen molar-refractivity contribution >= 4 is 34.6 Å². The highest BCUT2D eigenvalue weighted by atomic mass is 16.5. The molecule has 0 aliphatic heterocycles. The number of nitrogens with two attached hydrogens (primary N) is 1. The Morgan fingerprint density at radius 2 is 2.07 bits per heavy atom. The average Bonchev–Trinajstić information content (AvgIpc) is 3.09. The predicted octanol–water partition coefficient (Wildman–Crippen LogP) is 2.39. The molecule has 9 heteroatoms. The maximum Gasteiger partial charge on any atom is 0.258 e. The summed E-state index contributed by atoms with van der Waals surface area (Å²) in [5.74, 6) is -0.103. The van der Waals surface area contributed by atoms with Crippen molar-refractivity contribution < 1.29 is 14.3 Å². The number of imidazole rings is 1. The monoisotopic (exact) mass is 410 g/mol. The van der Waals surface area contributed by atoms with Crippen molar-refractivity contribution in [2.24, 2.45) is 0 Å². The summed E-state index contributed by atoms with van der Waals surface area (Å²) in [5, 5.41) is 2.83. The van der Waals surface area contributed by atoms with Gasteiger partial charge in [-0.05, 0) is 37.6 Å². The summed E-state index contributed by atoms with van der Waals surface area (Å²) in [6.07, 6.45) is 2.25. The molecule has 30 heavy (non-hydrogen) atoms. The summed E-state index contributed by atoms with van der Waals surface area (Å²) in [7, 11) is 3.36. The van der Waals surface area contributed by atoms with Gasteiger partial charge in [-0.15, -0.1) is 0 Å². The molecule has 0 spiro atoms. The fraction of sp³-hybridized carbons (Fsp3) is 0.333. The molecular formula is C21H26N6O3. The summed E-state index contributed by atoms with van der Waals surface area (Å²) < 4.78 is 6.96. The number of nitrogens with zero attached hydrogens (tertiary/aromatic N) is 4. The fourth-order valence-corrected chi connectivity index (χ4v) is 3.02. The van der Waals surface area contributed by atoms with Gasteiger partial charge in [-0.1, -0.05) is 6.07 Å². The van der Waals surface area contributed by atoms with Crippen molar-refractivity contribution in [3.8, 4) is 0 Å². The Balaban J connectivity index is 1.97. The van der Waals surface area contributed by atoms with Crippen LogP contribution in [0.5, 0.6) is 0 Å². The highest BCUT2D eigenvalue weighted by Crippen LogP contribution is 2.21. The zero-order valence-electron chi connectivity index (χ0n) is 17.4. The van der Waals surface area contributed by atoms with Gasteiger partial charge in [-0.2, -0.15) is 0 Å². The van der Waals surface area contributed by atoms with Gasteiger partial charge >= 0.3 is 0 Å². The van der Waals surface area contributed by atoms with Crippen molar-refractivity contribution in [1.29, 1.82) is 0 Å². The second-order valence-electron chi connectivity index (χ2n) is 6.90. The minimum atomic E-state index is -0.326. The number of carbonyl (C=O) groups is 2. The second-order valence-corrected chi connectivity index (χ2v) is 6.90. The Morgan fingerprint density at radius 1 is 1.27 bits per heavy atom. The summed E-state index contributed by atoms with van der Waals surface area (Å²) in [4.78, 5) is 35.8. The quantitative estimate of drug-likeness (QED) is 0.435. The first-order valence-electron chi connectivity index (χ1n) is 9.72. The molecule has 158 valence electrons. The zero-order valence-corrected chi connectivity index (χ0v) is 17.4. The number of anilines is 2. The number of nitrogen functional groups attached to an aromatic ring is 1. The van der Waals surface area contributed by atoms with Crippen LogP contribution < -0.4 is 11.1 Å². The van der Waals surface area contributed by atoms with E-state index < -0.39 is 0 Å². The smallest absolute Gasteiger partial charge is 0.258 e. The van der Waals surface area contributed by atoms with E-state index in [-0.39, 0.29) is 11.8 Å². The maximum atomic E-state index is 12.7. The molecule has 1 aromatic carbocycles. The fourth-order valence-electron chi connectivity index (χ4n) is 3.02. The first kappa shape index (κ1) is 21.3. The highest BCUT2D eigenvalue weighted by molar-refractivity contribution is 6.04. The molecule has 0 aliphatic rings. The van der Waals surface area contributed by atoms with Gasteiger partial charge in [-0.3, -0.25) is 19.5 Å². The number of aryl methyl sites for hydroxylation is 1. The molecule has 0 aliphatic carbocycles. The van der Waals surface area contributed by atoms with Crippen LogP contribution in [0.2, 0.25) is 0 Å². The standard InChI is InChI=1S/C21H26N6O3/c1-4-26(2)20(29)15-12-17-18(23-13-15)27(9-6-10-30-3)21(24-17)25-19(28)14-7-5-8-16(22)11-14/h5,7-8,11-13H,4,6,9-10,22H2,1-3H3,(H,24,25,28). The number of pyridine rings is 1. The molecule has 3 rings (SSSR count). The normalized spacial score (nSPS) is 10.9. The van der Waals surface area contributed by atoms with Crippen molar-refractivity contribution in [1.82, 2.24) is 19.4 Å². The van der Waals surface area contributed by atoms with Crippen LogP contribution in [0, 0.1) is 0 Å². The summed E-state index contributed by atoms with van der Waals surface area (Å²) in [6, 6.07) is 8.41. The van der Waals surface area contributed by atoms with Crippen molar-refractivity contribution in [3.05, 3.63) is 47.7 Å². The van der Waals surface area contributed by atoms with E-state index in [9.17, 15) is 9.59 Å². The third kappa shape index (κ3) is 4.57. The molecule has 0 atom stereocenters. The van der Waals surface area contributed by atoms with E-state index in [0.29, 0.717) is 60.0 Å². The first-order valence-corrected chi connectivity index (χ1v) is 9.72. The van der Waals surface area contributed by atoms with E-state index in [4.69, 9.17) is 10.5 Å². The van der Waals surface area contributed by atoms with Crippen LogP contribution in [-0.4, -0.2) is 58.6 Å². The molecule has 2 heterocycles. The number of hydrogen-bond acceptors (Lipinski definition) is 6. The van der Waals surface area contributed by atoms with Crippen molar-refractivity contribution in [2.45, 2.75) is 19.9 Å². The maximum absolute atomic E-state index is 12.7. The lowest BCUT2D eigenvalue weighted by atomic mass is 10.2. The summed E-state index contributed by atoms with van der Waals surface area (Å²) in [6.45, 7) is 3.59. The number of ether oxygens (including phenoxy) is 1. The number of methoxy groups -OCH3 is 1. The van der Waals surface area contributed by atoms with Gasteiger partial charge in [0.15, 0.2) is 5.65 Å². The molecule has 2 aromatic heterocycles. The Bertz CT molecular complexity index is 1060. The van der Waals surface area contributed by atoms with Crippen LogP contribution in [0.3, 0.4) is 0 Å². The Labute approximate surface area is 174 Å².